The number of phenols is 1. The number of rotatable bonds is 8. The summed E-state index contributed by atoms with van der Waals surface area (Å²) in [4.78, 5) is 15.8. The smallest absolute Gasteiger partial charge is 0.289 e. The standard InChI is InChI=1S/C29H37N5O4/c1-19(2)23-16-24(25(35)17-26(23)37-3)27-31-32-28(29(36)30-21-6-4-5-7-21)34(27)22-10-8-20(9-11-22)18-33-12-14-38-15-13-33/h8-11,16-17,19,21,35H,4-7,12-15,18H2,1-3H3,(H,30,36). The molecule has 0 spiro atoms. The molecule has 9 heteroatoms. The van der Waals surface area contributed by atoms with E-state index in [2.05, 4.69) is 46.4 Å². The van der Waals surface area contributed by atoms with E-state index in [1.807, 2.05) is 18.2 Å². The van der Waals surface area contributed by atoms with Crippen LogP contribution in [0.15, 0.2) is 36.4 Å². The number of amides is 1. The SMILES string of the molecule is COc1cc(O)c(-c2nnc(C(=O)NC3CCCC3)n2-c2ccc(CN3CCOCC3)cc2)cc1C(C)C. The molecule has 1 aromatic heterocycles. The minimum Gasteiger partial charge on any atom is -0.507 e. The third kappa shape index (κ3) is 5.54. The number of phenolic OH excluding ortho intramolecular Hbond substituents is 1. The number of aromatic nitrogens is 3. The zero-order valence-corrected chi connectivity index (χ0v) is 22.4. The van der Waals surface area contributed by atoms with Crippen molar-refractivity contribution in [3.05, 3.63) is 53.3 Å². The van der Waals surface area contributed by atoms with Crippen molar-refractivity contribution in [2.45, 2.75) is 58.0 Å². The maximum absolute atomic E-state index is 13.4. The number of benzene rings is 2. The summed E-state index contributed by atoms with van der Waals surface area (Å²) in [7, 11) is 1.59. The first kappa shape index (κ1) is 26.2. The van der Waals surface area contributed by atoms with Crippen molar-refractivity contribution in [1.82, 2.24) is 25.0 Å². The van der Waals surface area contributed by atoms with Crippen molar-refractivity contribution in [2.75, 3.05) is 33.4 Å². The van der Waals surface area contributed by atoms with Crippen molar-refractivity contribution >= 4 is 5.91 Å². The predicted molar refractivity (Wildman–Crippen MR) is 145 cm³/mol. The van der Waals surface area contributed by atoms with E-state index >= 15 is 0 Å². The Morgan fingerprint density at radius 2 is 1.84 bits per heavy atom. The first-order valence-electron chi connectivity index (χ1n) is 13.5. The third-order valence-electron chi connectivity index (χ3n) is 7.47. The summed E-state index contributed by atoms with van der Waals surface area (Å²) in [5.41, 5.74) is 3.37. The van der Waals surface area contributed by atoms with Crippen LogP contribution in [0.4, 0.5) is 0 Å². The van der Waals surface area contributed by atoms with Crippen LogP contribution in [0.3, 0.4) is 0 Å². The number of ether oxygens (including phenoxy) is 2. The van der Waals surface area contributed by atoms with E-state index in [0.29, 0.717) is 17.1 Å². The molecule has 2 fully saturated rings. The van der Waals surface area contributed by atoms with E-state index in [0.717, 1.165) is 69.8 Å². The Morgan fingerprint density at radius 3 is 2.50 bits per heavy atom. The maximum atomic E-state index is 13.4. The molecule has 202 valence electrons. The first-order valence-corrected chi connectivity index (χ1v) is 13.5. The van der Waals surface area contributed by atoms with Gasteiger partial charge in [-0.15, -0.1) is 10.2 Å². The van der Waals surface area contributed by atoms with Crippen LogP contribution in [-0.2, 0) is 11.3 Å². The molecule has 2 aromatic carbocycles. The fraction of sp³-hybridized carbons (Fsp3) is 0.483. The molecule has 3 aromatic rings. The number of hydrogen-bond acceptors (Lipinski definition) is 7. The Labute approximate surface area is 223 Å². The number of nitrogens with one attached hydrogen (secondary N) is 1. The fourth-order valence-electron chi connectivity index (χ4n) is 5.33. The lowest BCUT2D eigenvalue weighted by atomic mass is 9.98. The molecule has 1 saturated heterocycles. The van der Waals surface area contributed by atoms with E-state index in [4.69, 9.17) is 9.47 Å². The van der Waals surface area contributed by atoms with Crippen LogP contribution in [0.5, 0.6) is 11.5 Å². The van der Waals surface area contributed by atoms with Crippen LogP contribution in [-0.4, -0.2) is 70.1 Å². The van der Waals surface area contributed by atoms with E-state index in [1.165, 1.54) is 5.56 Å². The van der Waals surface area contributed by atoms with Crippen LogP contribution in [0.25, 0.3) is 17.1 Å². The summed E-state index contributed by atoms with van der Waals surface area (Å²) in [6.07, 6.45) is 4.18. The quantitative estimate of drug-likeness (QED) is 0.458. The number of morpholine rings is 1. The van der Waals surface area contributed by atoms with Crippen molar-refractivity contribution in [1.29, 1.82) is 0 Å². The number of carbonyl (C=O) groups is 1. The number of methoxy groups -OCH3 is 1. The largest absolute Gasteiger partial charge is 0.507 e. The van der Waals surface area contributed by atoms with Gasteiger partial charge < -0.3 is 19.9 Å². The number of aromatic hydroxyl groups is 1. The van der Waals surface area contributed by atoms with Gasteiger partial charge in [0.2, 0.25) is 5.82 Å². The summed E-state index contributed by atoms with van der Waals surface area (Å²) in [5, 5.41) is 22.9. The second-order valence-corrected chi connectivity index (χ2v) is 10.5. The van der Waals surface area contributed by atoms with Gasteiger partial charge in [0, 0.05) is 37.4 Å². The zero-order valence-electron chi connectivity index (χ0n) is 22.4. The van der Waals surface area contributed by atoms with Crippen molar-refractivity contribution < 1.29 is 19.4 Å². The second-order valence-electron chi connectivity index (χ2n) is 10.5. The van der Waals surface area contributed by atoms with Crippen LogP contribution in [0, 0.1) is 0 Å². The van der Waals surface area contributed by atoms with Crippen molar-refractivity contribution in [2.24, 2.45) is 0 Å². The average molecular weight is 520 g/mol. The molecular weight excluding hydrogens is 482 g/mol. The Kier molecular flexibility index (Phi) is 7.95. The normalized spacial score (nSPS) is 16.7. The number of hydrogen-bond donors (Lipinski definition) is 2. The molecule has 0 radical (unpaired) electrons. The van der Waals surface area contributed by atoms with Crippen molar-refractivity contribution in [3.63, 3.8) is 0 Å². The highest BCUT2D eigenvalue weighted by Gasteiger charge is 2.27. The van der Waals surface area contributed by atoms with E-state index in [1.54, 1.807) is 17.7 Å². The maximum Gasteiger partial charge on any atom is 0.289 e. The van der Waals surface area contributed by atoms with Crippen LogP contribution in [0.2, 0.25) is 0 Å². The molecule has 38 heavy (non-hydrogen) atoms. The first-order chi connectivity index (χ1) is 18.4. The minimum absolute atomic E-state index is 0.0200. The Bertz CT molecular complexity index is 1260. The van der Waals surface area contributed by atoms with Gasteiger partial charge in [-0.3, -0.25) is 14.3 Å². The highest BCUT2D eigenvalue weighted by atomic mass is 16.5. The molecule has 5 rings (SSSR count). The highest BCUT2D eigenvalue weighted by Crippen LogP contribution is 2.38. The Morgan fingerprint density at radius 1 is 1.13 bits per heavy atom. The van der Waals surface area contributed by atoms with E-state index in [-0.39, 0.29) is 29.4 Å². The Hall–Kier alpha value is -3.43. The fourth-order valence-corrected chi connectivity index (χ4v) is 5.33. The van der Waals surface area contributed by atoms with Gasteiger partial charge in [-0.25, -0.2) is 0 Å². The molecule has 1 aliphatic carbocycles. The molecule has 2 N–H and O–H groups in total. The minimum atomic E-state index is -0.259. The summed E-state index contributed by atoms with van der Waals surface area (Å²) in [5.74, 6) is 1.14. The summed E-state index contributed by atoms with van der Waals surface area (Å²) in [6, 6.07) is 11.7. The average Bonchev–Trinajstić information content (AvgIpc) is 3.59. The molecule has 1 amide bonds. The second kappa shape index (κ2) is 11.5. The lowest BCUT2D eigenvalue weighted by Gasteiger charge is -2.26. The van der Waals surface area contributed by atoms with Gasteiger partial charge in [0.1, 0.15) is 11.5 Å². The Balaban J connectivity index is 1.54. The lowest BCUT2D eigenvalue weighted by Crippen LogP contribution is -2.35. The van der Waals surface area contributed by atoms with Crippen LogP contribution < -0.4 is 10.1 Å². The van der Waals surface area contributed by atoms with Gasteiger partial charge in [-0.05, 0) is 48.1 Å². The predicted octanol–water partition coefficient (Wildman–Crippen LogP) is 4.28. The molecule has 0 bridgehead atoms. The van der Waals surface area contributed by atoms with Gasteiger partial charge in [0.15, 0.2) is 5.82 Å². The third-order valence-corrected chi connectivity index (χ3v) is 7.47. The van der Waals surface area contributed by atoms with E-state index < -0.39 is 0 Å². The molecule has 0 atom stereocenters. The van der Waals surface area contributed by atoms with Gasteiger partial charge in [0.25, 0.3) is 5.91 Å². The molecule has 1 saturated carbocycles. The lowest BCUT2D eigenvalue weighted by molar-refractivity contribution is 0.0342. The molecule has 0 unspecified atom stereocenters. The molecule has 9 nitrogen and oxygen atoms in total. The van der Waals surface area contributed by atoms with Gasteiger partial charge in [0.05, 0.1) is 25.9 Å². The van der Waals surface area contributed by atoms with E-state index in [9.17, 15) is 9.90 Å². The van der Waals surface area contributed by atoms with Crippen molar-refractivity contribution in [3.8, 4) is 28.6 Å². The number of nitrogens with zero attached hydrogens (tertiary/aromatic N) is 4. The van der Waals surface area contributed by atoms with Crippen LogP contribution in [0.1, 0.15) is 67.2 Å². The molecule has 2 heterocycles. The topological polar surface area (TPSA) is 102 Å². The van der Waals surface area contributed by atoms with Gasteiger partial charge in [-0.1, -0.05) is 38.8 Å². The molecule has 1 aliphatic heterocycles. The summed E-state index contributed by atoms with van der Waals surface area (Å²) >= 11 is 0. The summed E-state index contributed by atoms with van der Waals surface area (Å²) < 4.78 is 12.7. The summed E-state index contributed by atoms with van der Waals surface area (Å²) in [6.45, 7) is 8.31. The zero-order chi connectivity index (χ0) is 26.6. The molecular formula is C29H37N5O4. The van der Waals surface area contributed by atoms with Gasteiger partial charge >= 0.3 is 0 Å². The van der Waals surface area contributed by atoms with Gasteiger partial charge in [-0.2, -0.15) is 0 Å². The highest BCUT2D eigenvalue weighted by molar-refractivity contribution is 5.92. The van der Waals surface area contributed by atoms with Crippen LogP contribution >= 0.6 is 0 Å². The number of carbonyl (C=O) groups excluding carboxylic acids is 1. The molecule has 2 aliphatic rings. The monoisotopic (exact) mass is 519 g/mol.